The Morgan fingerprint density at radius 2 is 1.97 bits per heavy atom. The molecule has 2 N–H and O–H groups in total. The van der Waals surface area contributed by atoms with Crippen molar-refractivity contribution in [3.05, 3.63) is 59.2 Å². The summed E-state index contributed by atoms with van der Waals surface area (Å²) in [7, 11) is 0. The van der Waals surface area contributed by atoms with Crippen molar-refractivity contribution >= 4 is 18.4 Å². The molecule has 33 heavy (non-hydrogen) atoms. The van der Waals surface area contributed by atoms with Crippen LogP contribution in [0.5, 0.6) is 0 Å². The summed E-state index contributed by atoms with van der Waals surface area (Å²) in [5, 5.41) is 9.86. The molecular formula is C24H29F4N5. The van der Waals surface area contributed by atoms with E-state index in [1.54, 1.807) is 0 Å². The van der Waals surface area contributed by atoms with Crippen molar-refractivity contribution in [3.63, 3.8) is 0 Å². The monoisotopic (exact) mass is 463 g/mol. The maximum absolute atomic E-state index is 15.4. The van der Waals surface area contributed by atoms with Crippen molar-refractivity contribution in [2.75, 3.05) is 6.54 Å². The summed E-state index contributed by atoms with van der Waals surface area (Å²) in [4.78, 5) is 10.6. The summed E-state index contributed by atoms with van der Waals surface area (Å²) in [5.74, 6) is 0.195. The predicted molar refractivity (Wildman–Crippen MR) is 124 cm³/mol. The van der Waals surface area contributed by atoms with Gasteiger partial charge in [0.2, 0.25) is 0 Å². The van der Waals surface area contributed by atoms with E-state index in [2.05, 4.69) is 15.3 Å². The van der Waals surface area contributed by atoms with Crippen LogP contribution in [0.15, 0.2) is 58.1 Å². The molecule has 0 saturated heterocycles. The van der Waals surface area contributed by atoms with E-state index in [-0.39, 0.29) is 11.9 Å². The largest absolute Gasteiger partial charge is 0.416 e. The van der Waals surface area contributed by atoms with Crippen molar-refractivity contribution in [2.24, 2.45) is 9.98 Å². The number of hydrogen-bond donors (Lipinski definition) is 2. The van der Waals surface area contributed by atoms with E-state index in [4.69, 9.17) is 5.41 Å². The second kappa shape index (κ2) is 11.4. The van der Waals surface area contributed by atoms with Crippen molar-refractivity contribution in [1.29, 1.82) is 5.41 Å². The first-order valence-corrected chi connectivity index (χ1v) is 11.0. The third-order valence-corrected chi connectivity index (χ3v) is 5.58. The van der Waals surface area contributed by atoms with Crippen LogP contribution in [-0.2, 0) is 12.7 Å². The van der Waals surface area contributed by atoms with Gasteiger partial charge >= 0.3 is 6.18 Å². The normalized spacial score (nSPS) is 22.8. The Balaban J connectivity index is 1.68. The Kier molecular flexibility index (Phi) is 8.55. The highest BCUT2D eigenvalue weighted by atomic mass is 19.4. The molecule has 0 bridgehead atoms. The number of aliphatic imine (C=N–C) groups is 2. The summed E-state index contributed by atoms with van der Waals surface area (Å²) >= 11 is 0. The number of allylic oxidation sites excluding steroid dienone is 2. The van der Waals surface area contributed by atoms with Crippen LogP contribution in [0, 0.1) is 5.41 Å². The summed E-state index contributed by atoms with van der Waals surface area (Å²) < 4.78 is 54.0. The van der Waals surface area contributed by atoms with Crippen molar-refractivity contribution < 1.29 is 17.6 Å². The van der Waals surface area contributed by atoms with E-state index >= 15 is 4.39 Å². The SMILES string of the molecule is CC=C(C=CCCC=N)CN=C1NC=NC(N(Cc2ccc(C(F)(F)F)cc2)C2CC2)C1F. The van der Waals surface area contributed by atoms with Gasteiger partial charge in [0.1, 0.15) is 12.0 Å². The lowest BCUT2D eigenvalue weighted by Crippen LogP contribution is -2.51. The highest BCUT2D eigenvalue weighted by Gasteiger charge is 2.41. The van der Waals surface area contributed by atoms with E-state index in [1.165, 1.54) is 24.7 Å². The number of amidine groups is 1. The molecule has 9 heteroatoms. The van der Waals surface area contributed by atoms with E-state index in [0.29, 0.717) is 25.1 Å². The van der Waals surface area contributed by atoms with Gasteiger partial charge in [-0.1, -0.05) is 30.4 Å². The molecule has 1 aliphatic heterocycles. The van der Waals surface area contributed by atoms with E-state index in [9.17, 15) is 13.2 Å². The molecule has 1 saturated carbocycles. The van der Waals surface area contributed by atoms with Gasteiger partial charge in [-0.15, -0.1) is 0 Å². The Morgan fingerprint density at radius 1 is 1.24 bits per heavy atom. The zero-order valence-electron chi connectivity index (χ0n) is 18.5. The van der Waals surface area contributed by atoms with Crippen LogP contribution < -0.4 is 5.32 Å². The van der Waals surface area contributed by atoms with Crippen LogP contribution in [0.2, 0.25) is 0 Å². The molecule has 178 valence electrons. The first-order valence-electron chi connectivity index (χ1n) is 11.0. The third-order valence-electron chi connectivity index (χ3n) is 5.58. The fourth-order valence-electron chi connectivity index (χ4n) is 3.55. The topological polar surface area (TPSA) is 63.8 Å². The Labute approximate surface area is 191 Å². The average molecular weight is 464 g/mol. The van der Waals surface area contributed by atoms with Gasteiger partial charge in [-0.25, -0.2) is 4.39 Å². The summed E-state index contributed by atoms with van der Waals surface area (Å²) in [6.45, 7) is 2.51. The van der Waals surface area contributed by atoms with Crippen molar-refractivity contribution in [2.45, 2.75) is 63.7 Å². The highest BCUT2D eigenvalue weighted by Crippen LogP contribution is 2.34. The fraction of sp³-hybridized carbons (Fsp3) is 0.458. The number of rotatable bonds is 10. The molecule has 1 aliphatic carbocycles. The van der Waals surface area contributed by atoms with E-state index < -0.39 is 24.1 Å². The molecular weight excluding hydrogens is 434 g/mol. The number of alkyl halides is 4. The number of nitrogens with one attached hydrogen (secondary N) is 2. The van der Waals surface area contributed by atoms with Gasteiger partial charge < -0.3 is 10.7 Å². The minimum Gasteiger partial charge on any atom is -0.333 e. The van der Waals surface area contributed by atoms with Crippen LogP contribution in [0.4, 0.5) is 17.6 Å². The summed E-state index contributed by atoms with van der Waals surface area (Å²) in [5.41, 5.74) is 0.915. The number of benzene rings is 1. The van der Waals surface area contributed by atoms with Gasteiger partial charge in [-0.3, -0.25) is 14.9 Å². The fourth-order valence-corrected chi connectivity index (χ4v) is 3.55. The number of hydrogen-bond acceptors (Lipinski definition) is 4. The van der Waals surface area contributed by atoms with E-state index in [1.807, 2.05) is 30.1 Å². The molecule has 5 nitrogen and oxygen atoms in total. The highest BCUT2D eigenvalue weighted by molar-refractivity contribution is 5.97. The standard InChI is InChI=1S/C24H29F4N5/c1-2-17(6-4-3-5-13-29)14-30-22-21(25)23(32-16-31-22)33(20-11-12-20)15-18-7-9-19(10-8-18)24(26,27)28/h2,4,6-10,13,16,20-21,23,29H,3,5,11-12,14-15H2,1H3,(H,30,31,32). The Hall–Kier alpha value is -2.81. The molecule has 0 aromatic heterocycles. The molecule has 1 fully saturated rings. The first kappa shape index (κ1) is 24.8. The zero-order valence-corrected chi connectivity index (χ0v) is 18.5. The maximum atomic E-state index is 15.4. The minimum absolute atomic E-state index is 0.148. The van der Waals surface area contributed by atoms with Crippen LogP contribution in [0.3, 0.4) is 0 Å². The van der Waals surface area contributed by atoms with Crippen molar-refractivity contribution in [3.8, 4) is 0 Å². The second-order valence-electron chi connectivity index (χ2n) is 8.08. The van der Waals surface area contributed by atoms with Gasteiger partial charge in [0.15, 0.2) is 6.17 Å². The molecule has 1 heterocycles. The third kappa shape index (κ3) is 7.08. The van der Waals surface area contributed by atoms with Crippen LogP contribution in [0.1, 0.15) is 43.7 Å². The lowest BCUT2D eigenvalue weighted by atomic mass is 10.1. The minimum atomic E-state index is -4.38. The maximum Gasteiger partial charge on any atom is 0.416 e. The number of nitrogens with zero attached hydrogens (tertiary/aromatic N) is 3. The lowest BCUT2D eigenvalue weighted by Gasteiger charge is -2.33. The molecule has 0 spiro atoms. The second-order valence-corrected chi connectivity index (χ2v) is 8.08. The molecule has 0 radical (unpaired) electrons. The molecule has 0 amide bonds. The smallest absolute Gasteiger partial charge is 0.333 e. The summed E-state index contributed by atoms with van der Waals surface area (Å²) in [6.07, 6.45) is 5.21. The molecule has 3 rings (SSSR count). The van der Waals surface area contributed by atoms with Crippen molar-refractivity contribution in [1.82, 2.24) is 10.2 Å². The van der Waals surface area contributed by atoms with E-state index in [0.717, 1.165) is 37.0 Å². The molecule has 1 aromatic carbocycles. The van der Waals surface area contributed by atoms with Gasteiger partial charge in [-0.2, -0.15) is 13.2 Å². The zero-order chi connectivity index (χ0) is 23.8. The molecule has 2 aliphatic rings. The number of halogens is 4. The lowest BCUT2D eigenvalue weighted by molar-refractivity contribution is -0.137. The summed E-state index contributed by atoms with van der Waals surface area (Å²) in [6, 6.07) is 5.14. The van der Waals surface area contributed by atoms with Gasteiger partial charge in [0, 0.05) is 12.6 Å². The number of unbranched alkanes of at least 4 members (excludes halogenated alkanes) is 1. The van der Waals surface area contributed by atoms with Crippen LogP contribution in [-0.4, -0.2) is 48.2 Å². The predicted octanol–water partition coefficient (Wildman–Crippen LogP) is 5.30. The average Bonchev–Trinajstić information content (AvgIpc) is 3.63. The van der Waals surface area contributed by atoms with Gasteiger partial charge in [0.05, 0.1) is 18.4 Å². The molecule has 1 aromatic rings. The Bertz CT molecular complexity index is 914. The van der Waals surface area contributed by atoms with Gasteiger partial charge in [0.25, 0.3) is 0 Å². The molecule has 2 unspecified atom stereocenters. The first-order chi connectivity index (χ1) is 15.8. The quantitative estimate of drug-likeness (QED) is 0.214. The van der Waals surface area contributed by atoms with Crippen LogP contribution in [0.25, 0.3) is 0 Å². The Morgan fingerprint density at radius 3 is 2.58 bits per heavy atom. The molecule has 2 atom stereocenters. The van der Waals surface area contributed by atoms with Crippen LogP contribution >= 0.6 is 0 Å². The van der Waals surface area contributed by atoms with Gasteiger partial charge in [-0.05, 0) is 62.1 Å².